The normalized spacial score (nSPS) is 12.6. The molecular formula is C34H41N3O5. The summed E-state index contributed by atoms with van der Waals surface area (Å²) in [6.45, 7) is 6.73. The van der Waals surface area contributed by atoms with Crippen LogP contribution in [0.2, 0.25) is 0 Å². The number of benzene rings is 2. The van der Waals surface area contributed by atoms with Gasteiger partial charge in [0.15, 0.2) is 0 Å². The number of carbonyl (C=O) groups is 2. The number of unbranched alkanes of at least 4 members (excludes halogenated alkanes) is 2. The minimum Gasteiger partial charge on any atom is -0.481 e. The van der Waals surface area contributed by atoms with E-state index in [1.165, 1.54) is 11.3 Å². The second-order valence-corrected chi connectivity index (χ2v) is 10.9. The minimum atomic E-state index is -0.928. The average molecular weight is 572 g/mol. The lowest BCUT2D eigenvalue weighted by atomic mass is 9.91. The van der Waals surface area contributed by atoms with Crippen molar-refractivity contribution in [1.29, 1.82) is 0 Å². The molecule has 0 radical (unpaired) electrons. The van der Waals surface area contributed by atoms with Gasteiger partial charge in [0.1, 0.15) is 11.3 Å². The quantitative estimate of drug-likeness (QED) is 0.149. The number of hydrogen-bond donors (Lipinski definition) is 2. The number of furan rings is 1. The summed E-state index contributed by atoms with van der Waals surface area (Å²) in [7, 11) is 3.22. The van der Waals surface area contributed by atoms with Crippen molar-refractivity contribution < 1.29 is 23.8 Å². The van der Waals surface area contributed by atoms with E-state index >= 15 is 0 Å². The Balaban J connectivity index is 1.61. The van der Waals surface area contributed by atoms with Crippen LogP contribution in [-0.2, 0) is 4.79 Å². The molecule has 222 valence electrons. The molecule has 2 heterocycles. The summed E-state index contributed by atoms with van der Waals surface area (Å²) in [5.74, 6) is 0.652. The summed E-state index contributed by atoms with van der Waals surface area (Å²) in [5.41, 5.74) is 5.40. The van der Waals surface area contributed by atoms with E-state index in [0.717, 1.165) is 58.4 Å². The summed E-state index contributed by atoms with van der Waals surface area (Å²) >= 11 is 0. The highest BCUT2D eigenvalue weighted by Crippen LogP contribution is 2.38. The van der Waals surface area contributed by atoms with Gasteiger partial charge < -0.3 is 24.5 Å². The molecule has 0 aliphatic heterocycles. The van der Waals surface area contributed by atoms with Gasteiger partial charge in [-0.05, 0) is 67.3 Å². The molecular weight excluding hydrogens is 530 g/mol. The molecule has 8 heteroatoms. The summed E-state index contributed by atoms with van der Waals surface area (Å²) in [5, 5.41) is 13.7. The SMILES string of the molecule is CCCCCC(C)C(Nc1ccc(C(=O)N(C)CCC(=O)O)cc1)c1oc2ccc(-c3ccc(OC)nc3)cc2c1C. The molecule has 0 spiro atoms. The van der Waals surface area contributed by atoms with E-state index in [-0.39, 0.29) is 24.9 Å². The monoisotopic (exact) mass is 571 g/mol. The zero-order valence-corrected chi connectivity index (χ0v) is 25.1. The van der Waals surface area contributed by atoms with Gasteiger partial charge in [-0.25, -0.2) is 4.98 Å². The number of anilines is 1. The van der Waals surface area contributed by atoms with E-state index in [2.05, 4.69) is 43.2 Å². The summed E-state index contributed by atoms with van der Waals surface area (Å²) in [6, 6.07) is 17.4. The molecule has 2 atom stereocenters. The Bertz CT molecular complexity index is 1490. The Kier molecular flexibility index (Phi) is 10.2. The topological polar surface area (TPSA) is 105 Å². The Morgan fingerprint density at radius 3 is 2.45 bits per heavy atom. The van der Waals surface area contributed by atoms with Crippen molar-refractivity contribution >= 4 is 28.5 Å². The molecule has 8 nitrogen and oxygen atoms in total. The Hall–Kier alpha value is -4.33. The molecule has 4 rings (SSSR count). The van der Waals surface area contributed by atoms with Gasteiger partial charge >= 0.3 is 5.97 Å². The van der Waals surface area contributed by atoms with Gasteiger partial charge in [0.05, 0.1) is 19.6 Å². The van der Waals surface area contributed by atoms with Crippen LogP contribution in [0.3, 0.4) is 0 Å². The third-order valence-corrected chi connectivity index (χ3v) is 7.83. The van der Waals surface area contributed by atoms with Gasteiger partial charge in [-0.1, -0.05) is 39.2 Å². The first-order valence-corrected chi connectivity index (χ1v) is 14.6. The van der Waals surface area contributed by atoms with Crippen LogP contribution in [0.1, 0.15) is 73.7 Å². The number of amides is 1. The summed E-state index contributed by atoms with van der Waals surface area (Å²) in [6.07, 6.45) is 6.26. The lowest BCUT2D eigenvalue weighted by Gasteiger charge is -2.25. The van der Waals surface area contributed by atoms with Crippen LogP contribution in [0.4, 0.5) is 5.69 Å². The molecule has 2 aromatic heterocycles. The van der Waals surface area contributed by atoms with Gasteiger partial charge in [-0.15, -0.1) is 0 Å². The van der Waals surface area contributed by atoms with Gasteiger partial charge in [-0.2, -0.15) is 0 Å². The third-order valence-electron chi connectivity index (χ3n) is 7.83. The molecule has 0 saturated heterocycles. The number of pyridine rings is 1. The van der Waals surface area contributed by atoms with Crippen molar-refractivity contribution in [1.82, 2.24) is 9.88 Å². The number of hydrogen-bond acceptors (Lipinski definition) is 6. The van der Waals surface area contributed by atoms with Gasteiger partial charge in [0, 0.05) is 53.6 Å². The molecule has 0 aliphatic carbocycles. The van der Waals surface area contributed by atoms with Crippen LogP contribution in [-0.4, -0.2) is 47.6 Å². The van der Waals surface area contributed by atoms with Gasteiger partial charge in [0.25, 0.3) is 5.91 Å². The Morgan fingerprint density at radius 2 is 1.81 bits per heavy atom. The van der Waals surface area contributed by atoms with Crippen LogP contribution >= 0.6 is 0 Å². The van der Waals surface area contributed by atoms with E-state index in [1.54, 1.807) is 26.3 Å². The molecule has 0 saturated carbocycles. The first kappa shape index (κ1) is 30.6. The number of carboxylic acids is 1. The van der Waals surface area contributed by atoms with Crippen molar-refractivity contribution in [2.24, 2.45) is 5.92 Å². The van der Waals surface area contributed by atoms with Crippen molar-refractivity contribution in [2.75, 3.05) is 26.0 Å². The smallest absolute Gasteiger partial charge is 0.305 e. The lowest BCUT2D eigenvalue weighted by molar-refractivity contribution is -0.137. The second kappa shape index (κ2) is 14.0. The maximum atomic E-state index is 12.8. The van der Waals surface area contributed by atoms with Gasteiger partial charge in [-0.3, -0.25) is 9.59 Å². The highest BCUT2D eigenvalue weighted by atomic mass is 16.5. The largest absolute Gasteiger partial charge is 0.481 e. The number of aryl methyl sites for hydroxylation is 1. The molecule has 0 fully saturated rings. The molecule has 1 amide bonds. The molecule has 0 aliphatic rings. The predicted octanol–water partition coefficient (Wildman–Crippen LogP) is 7.73. The highest BCUT2D eigenvalue weighted by Gasteiger charge is 2.26. The number of nitrogens with zero attached hydrogens (tertiary/aromatic N) is 2. The minimum absolute atomic E-state index is 0.0693. The van der Waals surface area contributed by atoms with Crippen LogP contribution in [0.5, 0.6) is 5.88 Å². The Morgan fingerprint density at radius 1 is 1.07 bits per heavy atom. The standard InChI is InChI=1S/C34H41N3O5/c1-6-7-8-9-22(2)32(36-27-14-10-24(11-15-27)34(40)37(4)19-18-31(38)39)33-23(3)28-20-25(12-16-29(28)42-33)26-13-17-30(41-5)35-21-26/h10-17,20-22,32,36H,6-9,18-19H2,1-5H3,(H,38,39). The van der Waals surface area contributed by atoms with E-state index in [1.807, 2.05) is 36.5 Å². The number of rotatable bonds is 14. The van der Waals surface area contributed by atoms with Crippen molar-refractivity contribution in [3.8, 4) is 17.0 Å². The predicted molar refractivity (Wildman–Crippen MR) is 166 cm³/mol. The molecule has 2 unspecified atom stereocenters. The summed E-state index contributed by atoms with van der Waals surface area (Å²) < 4.78 is 11.7. The number of carbonyl (C=O) groups excluding carboxylic acids is 1. The lowest BCUT2D eigenvalue weighted by Crippen LogP contribution is -2.29. The van der Waals surface area contributed by atoms with Crippen molar-refractivity contribution in [3.05, 3.63) is 77.7 Å². The number of nitrogens with one attached hydrogen (secondary N) is 1. The van der Waals surface area contributed by atoms with Crippen LogP contribution < -0.4 is 10.1 Å². The number of aliphatic carboxylic acids is 1. The maximum absolute atomic E-state index is 12.8. The van der Waals surface area contributed by atoms with E-state index in [0.29, 0.717) is 17.4 Å². The fourth-order valence-corrected chi connectivity index (χ4v) is 5.21. The van der Waals surface area contributed by atoms with Crippen LogP contribution in [0, 0.1) is 12.8 Å². The fourth-order valence-electron chi connectivity index (χ4n) is 5.21. The van der Waals surface area contributed by atoms with E-state index < -0.39 is 5.97 Å². The zero-order valence-electron chi connectivity index (χ0n) is 25.1. The number of methoxy groups -OCH3 is 1. The molecule has 2 aromatic carbocycles. The number of aromatic nitrogens is 1. The first-order chi connectivity index (χ1) is 20.2. The number of ether oxygens (including phenoxy) is 1. The number of fused-ring (bicyclic) bond motifs is 1. The number of carboxylic acid groups (broad SMARTS) is 1. The fraction of sp³-hybridized carbons (Fsp3) is 0.382. The third kappa shape index (κ3) is 7.29. The first-order valence-electron chi connectivity index (χ1n) is 14.6. The van der Waals surface area contributed by atoms with Crippen molar-refractivity contribution in [3.63, 3.8) is 0 Å². The van der Waals surface area contributed by atoms with Crippen LogP contribution in [0.25, 0.3) is 22.1 Å². The highest BCUT2D eigenvalue weighted by molar-refractivity contribution is 5.94. The second-order valence-electron chi connectivity index (χ2n) is 10.9. The molecule has 4 aromatic rings. The molecule has 42 heavy (non-hydrogen) atoms. The van der Waals surface area contributed by atoms with Crippen LogP contribution in [0.15, 0.2) is 65.2 Å². The average Bonchev–Trinajstić information content (AvgIpc) is 3.33. The molecule has 2 N–H and O–H groups in total. The van der Waals surface area contributed by atoms with E-state index in [4.69, 9.17) is 14.3 Å². The summed E-state index contributed by atoms with van der Waals surface area (Å²) in [4.78, 5) is 29.4. The zero-order chi connectivity index (χ0) is 30.2. The molecule has 0 bridgehead atoms. The maximum Gasteiger partial charge on any atom is 0.305 e. The Labute approximate surface area is 247 Å². The van der Waals surface area contributed by atoms with E-state index in [9.17, 15) is 9.59 Å². The van der Waals surface area contributed by atoms with Gasteiger partial charge in [0.2, 0.25) is 5.88 Å². The van der Waals surface area contributed by atoms with Crippen molar-refractivity contribution in [2.45, 2.75) is 58.9 Å².